The van der Waals surface area contributed by atoms with Gasteiger partial charge in [-0.05, 0) is 35.9 Å². The molecule has 2 N–H and O–H groups in total. The maximum Gasteiger partial charge on any atom is 0.573 e. The van der Waals surface area contributed by atoms with Crippen LogP contribution in [0.2, 0.25) is 0 Å². The number of nitriles is 1. The van der Waals surface area contributed by atoms with E-state index in [1.165, 1.54) is 12.1 Å². The summed E-state index contributed by atoms with van der Waals surface area (Å²) in [5, 5.41) is 9.03. The van der Waals surface area contributed by atoms with Gasteiger partial charge in [-0.3, -0.25) is 0 Å². The van der Waals surface area contributed by atoms with Crippen LogP contribution in [0.15, 0.2) is 42.5 Å². The Morgan fingerprint density at radius 1 is 1.10 bits per heavy atom. The summed E-state index contributed by atoms with van der Waals surface area (Å²) in [6.07, 6.45) is -4.78. The van der Waals surface area contributed by atoms with Gasteiger partial charge in [0.25, 0.3) is 0 Å². The molecule has 0 aromatic heterocycles. The topological polar surface area (TPSA) is 59.0 Å². The van der Waals surface area contributed by atoms with Gasteiger partial charge in [0.05, 0.1) is 11.6 Å². The van der Waals surface area contributed by atoms with Crippen molar-refractivity contribution in [3.8, 4) is 22.9 Å². The van der Waals surface area contributed by atoms with E-state index in [0.717, 1.165) is 6.07 Å². The molecule has 2 aromatic carbocycles. The lowest BCUT2D eigenvalue weighted by Gasteiger charge is -2.11. The monoisotopic (exact) mass is 278 g/mol. The van der Waals surface area contributed by atoms with Crippen molar-refractivity contribution in [2.45, 2.75) is 6.36 Å². The summed E-state index contributed by atoms with van der Waals surface area (Å²) in [5.41, 5.74) is 7.21. The van der Waals surface area contributed by atoms with E-state index in [-0.39, 0.29) is 11.3 Å². The maximum atomic E-state index is 12.2. The summed E-state index contributed by atoms with van der Waals surface area (Å²) >= 11 is 0. The third-order valence-electron chi connectivity index (χ3n) is 2.54. The van der Waals surface area contributed by atoms with Crippen molar-refractivity contribution >= 4 is 5.69 Å². The second-order valence-corrected chi connectivity index (χ2v) is 3.99. The summed E-state index contributed by atoms with van der Waals surface area (Å²) < 4.78 is 40.5. The molecule has 102 valence electrons. The zero-order valence-electron chi connectivity index (χ0n) is 10.1. The Balaban J connectivity index is 2.50. The average Bonchev–Trinajstić information content (AvgIpc) is 2.37. The van der Waals surface area contributed by atoms with Gasteiger partial charge in [0.2, 0.25) is 0 Å². The van der Waals surface area contributed by atoms with Crippen molar-refractivity contribution in [2.75, 3.05) is 5.73 Å². The molecule has 6 heteroatoms. The number of anilines is 1. The Morgan fingerprint density at radius 2 is 1.85 bits per heavy atom. The van der Waals surface area contributed by atoms with E-state index in [4.69, 9.17) is 11.0 Å². The SMILES string of the molecule is N#Cc1ccc(OC(F)(F)F)cc1-c1cccc(N)c1. The highest BCUT2D eigenvalue weighted by Crippen LogP contribution is 2.31. The molecule has 0 amide bonds. The van der Waals surface area contributed by atoms with Crippen LogP contribution in [0, 0.1) is 11.3 Å². The van der Waals surface area contributed by atoms with Gasteiger partial charge in [-0.25, -0.2) is 0 Å². The maximum absolute atomic E-state index is 12.2. The predicted molar refractivity (Wildman–Crippen MR) is 67.7 cm³/mol. The lowest BCUT2D eigenvalue weighted by atomic mass is 9.99. The number of rotatable bonds is 2. The lowest BCUT2D eigenvalue weighted by molar-refractivity contribution is -0.274. The minimum atomic E-state index is -4.78. The Kier molecular flexibility index (Phi) is 3.53. The van der Waals surface area contributed by atoms with E-state index < -0.39 is 6.36 Å². The highest BCUT2D eigenvalue weighted by Gasteiger charge is 2.31. The van der Waals surface area contributed by atoms with Crippen molar-refractivity contribution < 1.29 is 17.9 Å². The van der Waals surface area contributed by atoms with E-state index in [1.807, 2.05) is 6.07 Å². The van der Waals surface area contributed by atoms with Crippen LogP contribution in [0.1, 0.15) is 5.56 Å². The fourth-order valence-corrected chi connectivity index (χ4v) is 1.76. The van der Waals surface area contributed by atoms with Gasteiger partial charge in [-0.15, -0.1) is 13.2 Å². The van der Waals surface area contributed by atoms with Crippen molar-refractivity contribution in [3.05, 3.63) is 48.0 Å². The molecule has 0 aliphatic rings. The highest BCUT2D eigenvalue weighted by atomic mass is 19.4. The summed E-state index contributed by atoms with van der Waals surface area (Å²) in [6.45, 7) is 0. The van der Waals surface area contributed by atoms with Gasteiger partial charge in [-0.2, -0.15) is 5.26 Å². The van der Waals surface area contributed by atoms with Gasteiger partial charge < -0.3 is 10.5 Å². The Morgan fingerprint density at radius 3 is 2.45 bits per heavy atom. The smallest absolute Gasteiger partial charge is 0.406 e. The first kappa shape index (κ1) is 13.7. The van der Waals surface area contributed by atoms with Gasteiger partial charge in [0.15, 0.2) is 0 Å². The Hall–Kier alpha value is -2.68. The van der Waals surface area contributed by atoms with Crippen LogP contribution in [0.25, 0.3) is 11.1 Å². The van der Waals surface area contributed by atoms with Gasteiger partial charge in [-0.1, -0.05) is 12.1 Å². The first-order chi connectivity index (χ1) is 9.39. The van der Waals surface area contributed by atoms with Gasteiger partial charge in [0, 0.05) is 11.3 Å². The second kappa shape index (κ2) is 5.13. The van der Waals surface area contributed by atoms with E-state index >= 15 is 0 Å². The van der Waals surface area contributed by atoms with Crippen LogP contribution >= 0.6 is 0 Å². The molecule has 0 spiro atoms. The summed E-state index contributed by atoms with van der Waals surface area (Å²) in [6, 6.07) is 12.0. The predicted octanol–water partition coefficient (Wildman–Crippen LogP) is 3.71. The largest absolute Gasteiger partial charge is 0.573 e. The van der Waals surface area contributed by atoms with Crippen LogP contribution in [0.4, 0.5) is 18.9 Å². The van der Waals surface area contributed by atoms with Crippen LogP contribution in [0.3, 0.4) is 0 Å². The molecule has 0 atom stereocenters. The van der Waals surface area contributed by atoms with E-state index in [1.54, 1.807) is 24.3 Å². The summed E-state index contributed by atoms with van der Waals surface area (Å²) in [4.78, 5) is 0. The molecule has 0 saturated heterocycles. The van der Waals surface area contributed by atoms with Crippen LogP contribution in [-0.2, 0) is 0 Å². The molecular formula is C14H9F3N2O. The van der Waals surface area contributed by atoms with Crippen molar-refractivity contribution in [3.63, 3.8) is 0 Å². The van der Waals surface area contributed by atoms with Crippen LogP contribution in [-0.4, -0.2) is 6.36 Å². The minimum Gasteiger partial charge on any atom is -0.406 e. The fourth-order valence-electron chi connectivity index (χ4n) is 1.76. The van der Waals surface area contributed by atoms with Crippen molar-refractivity contribution in [1.29, 1.82) is 5.26 Å². The second-order valence-electron chi connectivity index (χ2n) is 3.99. The highest BCUT2D eigenvalue weighted by molar-refractivity contribution is 5.74. The first-order valence-electron chi connectivity index (χ1n) is 5.55. The number of nitrogens with zero attached hydrogens (tertiary/aromatic N) is 1. The summed E-state index contributed by atoms with van der Waals surface area (Å²) in [7, 11) is 0. The van der Waals surface area contributed by atoms with Gasteiger partial charge in [0.1, 0.15) is 5.75 Å². The molecule has 2 rings (SSSR count). The molecule has 0 heterocycles. The molecule has 0 aliphatic carbocycles. The molecule has 0 saturated carbocycles. The summed E-state index contributed by atoms with van der Waals surface area (Å²) in [5.74, 6) is -0.381. The van der Waals surface area contributed by atoms with Crippen LogP contribution in [0.5, 0.6) is 5.75 Å². The molecule has 0 radical (unpaired) electrons. The Bertz CT molecular complexity index is 675. The number of ether oxygens (including phenoxy) is 1. The van der Waals surface area contributed by atoms with Gasteiger partial charge >= 0.3 is 6.36 Å². The number of nitrogen functional groups attached to an aromatic ring is 1. The number of alkyl halides is 3. The van der Waals surface area contributed by atoms with E-state index in [0.29, 0.717) is 16.8 Å². The number of hydrogen-bond acceptors (Lipinski definition) is 3. The van der Waals surface area contributed by atoms with Crippen LogP contribution < -0.4 is 10.5 Å². The quantitative estimate of drug-likeness (QED) is 0.852. The number of nitrogens with two attached hydrogens (primary N) is 1. The van der Waals surface area contributed by atoms with E-state index in [2.05, 4.69) is 4.74 Å². The first-order valence-corrected chi connectivity index (χ1v) is 5.55. The molecule has 0 fully saturated rings. The zero-order valence-corrected chi connectivity index (χ0v) is 10.1. The van der Waals surface area contributed by atoms with Crippen molar-refractivity contribution in [2.24, 2.45) is 0 Å². The molecule has 20 heavy (non-hydrogen) atoms. The number of hydrogen-bond donors (Lipinski definition) is 1. The number of benzene rings is 2. The standard InChI is InChI=1S/C14H9F3N2O/c15-14(16,17)20-12-5-4-10(8-18)13(7-12)9-2-1-3-11(19)6-9/h1-7H,19H2. The molecule has 0 unspecified atom stereocenters. The normalized spacial score (nSPS) is 10.9. The molecule has 3 nitrogen and oxygen atoms in total. The molecule has 2 aromatic rings. The zero-order chi connectivity index (χ0) is 14.8. The van der Waals surface area contributed by atoms with Crippen molar-refractivity contribution in [1.82, 2.24) is 0 Å². The average molecular weight is 278 g/mol. The van der Waals surface area contributed by atoms with E-state index in [9.17, 15) is 13.2 Å². The lowest BCUT2D eigenvalue weighted by Crippen LogP contribution is -2.17. The molecule has 0 aliphatic heterocycles. The number of halogens is 3. The third-order valence-corrected chi connectivity index (χ3v) is 2.54. The molecule has 0 bridgehead atoms. The fraction of sp³-hybridized carbons (Fsp3) is 0.0714. The third kappa shape index (κ3) is 3.20. The molecular weight excluding hydrogens is 269 g/mol. The minimum absolute atomic E-state index is 0.241. The Labute approximate surface area is 113 Å².